The monoisotopic (exact) mass is 288 g/mol. The summed E-state index contributed by atoms with van der Waals surface area (Å²) < 4.78 is 0. The first-order chi connectivity index (χ1) is 9.95. The highest BCUT2D eigenvalue weighted by Gasteiger charge is 2.14. The molecule has 0 spiro atoms. The molecule has 0 radical (unpaired) electrons. The first kappa shape index (κ1) is 15.2. The van der Waals surface area contributed by atoms with Crippen LogP contribution >= 0.6 is 0 Å². The smallest absolute Gasteiger partial charge is 0.226 e. The third kappa shape index (κ3) is 4.13. The molecule has 0 bridgehead atoms. The van der Waals surface area contributed by atoms with Gasteiger partial charge in [-0.2, -0.15) is 5.10 Å². The molecule has 112 valence electrons. The van der Waals surface area contributed by atoms with Crippen molar-refractivity contribution in [2.45, 2.75) is 33.3 Å². The molecular formula is C15H20N4O2. The molecule has 1 aromatic heterocycles. The van der Waals surface area contributed by atoms with Crippen molar-refractivity contribution in [1.29, 1.82) is 0 Å². The largest absolute Gasteiger partial charge is 0.392 e. The number of anilines is 1. The fraction of sp³-hybridized carbons (Fsp3) is 0.400. The lowest BCUT2D eigenvalue weighted by molar-refractivity contribution is -0.118. The molecule has 2 rings (SSSR count). The first-order valence-corrected chi connectivity index (χ1v) is 6.93. The number of aryl methyl sites for hydroxylation is 1. The highest BCUT2D eigenvalue weighted by Crippen LogP contribution is 2.19. The number of nitrogens with zero attached hydrogens (tertiary/aromatic N) is 2. The van der Waals surface area contributed by atoms with E-state index in [0.717, 1.165) is 11.4 Å². The van der Waals surface area contributed by atoms with Gasteiger partial charge in [-0.25, -0.2) is 4.98 Å². The van der Waals surface area contributed by atoms with Gasteiger partial charge in [0.2, 0.25) is 5.91 Å². The van der Waals surface area contributed by atoms with Crippen molar-refractivity contribution in [1.82, 2.24) is 15.2 Å². The van der Waals surface area contributed by atoms with Gasteiger partial charge in [-0.05, 0) is 25.0 Å². The Morgan fingerprint density at radius 2 is 2.19 bits per heavy atom. The van der Waals surface area contributed by atoms with Crippen molar-refractivity contribution in [3.05, 3.63) is 30.1 Å². The fourth-order valence-electron chi connectivity index (χ4n) is 1.85. The van der Waals surface area contributed by atoms with E-state index in [1.54, 1.807) is 6.07 Å². The number of aromatic nitrogens is 3. The Labute approximate surface area is 123 Å². The van der Waals surface area contributed by atoms with Gasteiger partial charge < -0.3 is 10.4 Å². The highest BCUT2D eigenvalue weighted by molar-refractivity contribution is 5.91. The number of benzene rings is 1. The number of hydrogen-bond acceptors (Lipinski definition) is 4. The molecule has 1 aromatic carbocycles. The van der Waals surface area contributed by atoms with Crippen LogP contribution in [0.1, 0.15) is 26.1 Å². The summed E-state index contributed by atoms with van der Waals surface area (Å²) in [6.45, 7) is 5.59. The van der Waals surface area contributed by atoms with Gasteiger partial charge in [0.1, 0.15) is 5.82 Å². The molecule has 1 atom stereocenters. The van der Waals surface area contributed by atoms with Crippen LogP contribution in [-0.2, 0) is 4.79 Å². The minimum Gasteiger partial charge on any atom is -0.392 e. The zero-order chi connectivity index (χ0) is 15.4. The van der Waals surface area contributed by atoms with Crippen LogP contribution in [0.4, 0.5) is 5.69 Å². The summed E-state index contributed by atoms with van der Waals surface area (Å²) in [6, 6.07) is 7.31. The molecule has 6 nitrogen and oxygen atoms in total. The zero-order valence-corrected chi connectivity index (χ0v) is 12.4. The van der Waals surface area contributed by atoms with Crippen LogP contribution in [0.3, 0.4) is 0 Å². The van der Waals surface area contributed by atoms with Gasteiger partial charge in [0, 0.05) is 11.3 Å². The Hall–Kier alpha value is -2.21. The molecule has 6 heteroatoms. The average molecular weight is 288 g/mol. The Bertz CT molecular complexity index is 622. The maximum atomic E-state index is 11.9. The minimum absolute atomic E-state index is 0.0540. The molecule has 1 amide bonds. The molecule has 0 aliphatic heterocycles. The van der Waals surface area contributed by atoms with Crippen molar-refractivity contribution in [2.75, 3.05) is 5.32 Å². The van der Waals surface area contributed by atoms with E-state index in [0.29, 0.717) is 11.5 Å². The van der Waals surface area contributed by atoms with Crippen molar-refractivity contribution >= 4 is 11.6 Å². The summed E-state index contributed by atoms with van der Waals surface area (Å²) >= 11 is 0. The van der Waals surface area contributed by atoms with Gasteiger partial charge in [-0.1, -0.05) is 26.0 Å². The number of aliphatic hydroxyl groups excluding tert-OH is 1. The number of nitrogens with one attached hydrogen (secondary N) is 2. The summed E-state index contributed by atoms with van der Waals surface area (Å²) in [7, 11) is 0. The van der Waals surface area contributed by atoms with Gasteiger partial charge in [0.05, 0.1) is 12.5 Å². The second-order valence-electron chi connectivity index (χ2n) is 5.39. The van der Waals surface area contributed by atoms with Crippen LogP contribution in [0.5, 0.6) is 0 Å². The summed E-state index contributed by atoms with van der Waals surface area (Å²) in [4.78, 5) is 16.1. The molecule has 0 aliphatic carbocycles. The maximum Gasteiger partial charge on any atom is 0.226 e. The third-order valence-corrected chi connectivity index (χ3v) is 3.17. The van der Waals surface area contributed by atoms with Gasteiger partial charge in [0.15, 0.2) is 5.82 Å². The van der Waals surface area contributed by atoms with Gasteiger partial charge >= 0.3 is 0 Å². The van der Waals surface area contributed by atoms with E-state index in [-0.39, 0.29) is 18.2 Å². The zero-order valence-electron chi connectivity index (χ0n) is 12.4. The van der Waals surface area contributed by atoms with Crippen LogP contribution in [0.15, 0.2) is 24.3 Å². The number of carbonyl (C=O) groups is 1. The van der Waals surface area contributed by atoms with Crippen LogP contribution in [0.25, 0.3) is 11.4 Å². The molecule has 21 heavy (non-hydrogen) atoms. The standard InChI is InChI=1S/C15H20N4O2/c1-9(2)13(20)8-14(21)17-12-6-4-5-11(7-12)15-16-10(3)18-19-15/h4-7,9,13,20H,8H2,1-3H3,(H,17,21)(H,16,18,19). The van der Waals surface area contributed by atoms with Crippen LogP contribution in [0, 0.1) is 12.8 Å². The van der Waals surface area contributed by atoms with Crippen molar-refractivity contribution in [3.63, 3.8) is 0 Å². The number of aliphatic hydroxyl groups is 1. The quantitative estimate of drug-likeness (QED) is 0.786. The average Bonchev–Trinajstić information content (AvgIpc) is 2.85. The summed E-state index contributed by atoms with van der Waals surface area (Å²) in [6.07, 6.45) is -0.550. The van der Waals surface area contributed by atoms with Crippen LogP contribution in [0.2, 0.25) is 0 Å². The van der Waals surface area contributed by atoms with E-state index in [2.05, 4.69) is 20.5 Å². The molecule has 1 heterocycles. The summed E-state index contributed by atoms with van der Waals surface area (Å²) in [5.74, 6) is 1.17. The predicted octanol–water partition coefficient (Wildman–Crippen LogP) is 2.13. The van der Waals surface area contributed by atoms with Crippen molar-refractivity contribution < 1.29 is 9.90 Å². The van der Waals surface area contributed by atoms with E-state index < -0.39 is 6.10 Å². The van der Waals surface area contributed by atoms with E-state index in [9.17, 15) is 9.90 Å². The number of H-pyrrole nitrogens is 1. The SMILES string of the molecule is Cc1nc(-c2cccc(NC(=O)CC(O)C(C)C)c2)n[nH]1. The molecule has 0 saturated carbocycles. The molecule has 3 N–H and O–H groups in total. The molecule has 0 saturated heterocycles. The Morgan fingerprint density at radius 1 is 1.43 bits per heavy atom. The molecule has 0 fully saturated rings. The van der Waals surface area contributed by atoms with Gasteiger partial charge in [-0.3, -0.25) is 9.89 Å². The Balaban J connectivity index is 2.06. The van der Waals surface area contributed by atoms with Gasteiger partial charge in [-0.15, -0.1) is 0 Å². The van der Waals surface area contributed by atoms with Crippen molar-refractivity contribution in [3.8, 4) is 11.4 Å². The lowest BCUT2D eigenvalue weighted by Gasteiger charge is -2.14. The fourth-order valence-corrected chi connectivity index (χ4v) is 1.85. The van der Waals surface area contributed by atoms with Crippen molar-refractivity contribution in [2.24, 2.45) is 5.92 Å². The lowest BCUT2D eigenvalue weighted by atomic mass is 10.0. The topological polar surface area (TPSA) is 90.9 Å². The molecule has 0 aliphatic rings. The Morgan fingerprint density at radius 3 is 2.81 bits per heavy atom. The van der Waals surface area contributed by atoms with Crippen LogP contribution in [-0.4, -0.2) is 32.3 Å². The number of hydrogen-bond donors (Lipinski definition) is 3. The third-order valence-electron chi connectivity index (χ3n) is 3.17. The molecule has 2 aromatic rings. The van der Waals surface area contributed by atoms with E-state index in [1.807, 2.05) is 39.0 Å². The highest BCUT2D eigenvalue weighted by atomic mass is 16.3. The summed E-state index contributed by atoms with van der Waals surface area (Å²) in [5.41, 5.74) is 1.48. The second-order valence-corrected chi connectivity index (χ2v) is 5.39. The minimum atomic E-state index is -0.635. The van der Waals surface area contributed by atoms with Gasteiger partial charge in [0.25, 0.3) is 0 Å². The number of aromatic amines is 1. The van der Waals surface area contributed by atoms with E-state index in [4.69, 9.17) is 0 Å². The molecular weight excluding hydrogens is 268 g/mol. The summed E-state index contributed by atoms with van der Waals surface area (Å²) in [5, 5.41) is 19.4. The predicted molar refractivity (Wildman–Crippen MR) is 80.6 cm³/mol. The second kappa shape index (κ2) is 6.49. The number of rotatable bonds is 5. The van der Waals surface area contributed by atoms with Crippen LogP contribution < -0.4 is 5.32 Å². The maximum absolute atomic E-state index is 11.9. The number of amides is 1. The Kier molecular flexibility index (Phi) is 4.70. The lowest BCUT2D eigenvalue weighted by Crippen LogP contribution is -2.23. The number of carbonyl (C=O) groups excluding carboxylic acids is 1. The van der Waals surface area contributed by atoms with E-state index >= 15 is 0 Å². The normalized spacial score (nSPS) is 12.4. The molecule has 1 unspecified atom stereocenters. The first-order valence-electron chi connectivity index (χ1n) is 6.93. The van der Waals surface area contributed by atoms with E-state index in [1.165, 1.54) is 0 Å².